The van der Waals surface area contributed by atoms with Crippen molar-refractivity contribution in [2.45, 2.75) is 13.8 Å². The Balaban J connectivity index is 2.34. The average Bonchev–Trinajstić information content (AvgIpc) is 2.38. The van der Waals surface area contributed by atoms with E-state index in [0.717, 1.165) is 5.56 Å². The average molecular weight is 257 g/mol. The van der Waals surface area contributed by atoms with E-state index in [-0.39, 0.29) is 0 Å². The minimum atomic E-state index is -1.27. The van der Waals surface area contributed by atoms with Crippen LogP contribution in [0.2, 0.25) is 0 Å². The van der Waals surface area contributed by atoms with E-state index in [2.05, 4.69) is 9.97 Å². The second kappa shape index (κ2) is 5.48. The van der Waals surface area contributed by atoms with Crippen LogP contribution in [-0.2, 0) is 4.79 Å². The second-order valence-corrected chi connectivity index (χ2v) is 4.07. The molecule has 0 aliphatic rings. The van der Waals surface area contributed by atoms with Crippen molar-refractivity contribution in [3.05, 3.63) is 41.7 Å². The fourth-order valence-electron chi connectivity index (χ4n) is 1.76. The van der Waals surface area contributed by atoms with Crippen molar-refractivity contribution in [1.29, 1.82) is 0 Å². The smallest absolute Gasteiger partial charge is 0.162 e. The summed E-state index contributed by atoms with van der Waals surface area (Å²) in [4.78, 5) is 19.1. The van der Waals surface area contributed by atoms with Gasteiger partial charge in [-0.1, -0.05) is 30.3 Å². The van der Waals surface area contributed by atoms with E-state index in [9.17, 15) is 9.90 Å². The molecule has 5 heteroatoms. The first-order valence-corrected chi connectivity index (χ1v) is 5.81. The van der Waals surface area contributed by atoms with Gasteiger partial charge < -0.3 is 14.6 Å². The van der Waals surface area contributed by atoms with Crippen molar-refractivity contribution >= 4 is 5.97 Å². The van der Waals surface area contributed by atoms with E-state index >= 15 is 0 Å². The van der Waals surface area contributed by atoms with E-state index in [1.807, 2.05) is 30.3 Å². The molecule has 2 aromatic rings. The monoisotopic (exact) mass is 257 g/mol. The Morgan fingerprint density at radius 3 is 2.26 bits per heavy atom. The number of aliphatic carboxylic acids is 1. The molecule has 0 fully saturated rings. The normalized spacial score (nSPS) is 10.2. The van der Waals surface area contributed by atoms with Crippen LogP contribution in [0, 0.1) is 13.8 Å². The number of benzene rings is 1. The number of hydrogen-bond acceptors (Lipinski definition) is 5. The third-order valence-electron chi connectivity index (χ3n) is 2.57. The zero-order valence-corrected chi connectivity index (χ0v) is 10.7. The predicted octanol–water partition coefficient (Wildman–Crippen LogP) is 0.889. The van der Waals surface area contributed by atoms with E-state index in [1.165, 1.54) is 0 Å². The molecule has 0 N–H and O–H groups in total. The lowest BCUT2D eigenvalue weighted by Gasteiger charge is -2.12. The Hall–Kier alpha value is -2.43. The molecule has 98 valence electrons. The van der Waals surface area contributed by atoms with Crippen molar-refractivity contribution in [2.24, 2.45) is 0 Å². The molecule has 1 aromatic carbocycles. The summed E-state index contributed by atoms with van der Waals surface area (Å²) in [5.74, 6) is -0.286. The van der Waals surface area contributed by atoms with Crippen molar-refractivity contribution in [2.75, 3.05) is 6.61 Å². The lowest BCUT2D eigenvalue weighted by Crippen LogP contribution is -2.29. The van der Waals surface area contributed by atoms with E-state index in [4.69, 9.17) is 4.74 Å². The molecule has 5 nitrogen and oxygen atoms in total. The van der Waals surface area contributed by atoms with Crippen molar-refractivity contribution in [3.8, 4) is 17.1 Å². The Kier molecular flexibility index (Phi) is 3.75. The molecule has 2 rings (SSSR count). The number of carbonyl (C=O) groups is 1. The summed E-state index contributed by atoms with van der Waals surface area (Å²) in [6, 6.07) is 9.56. The number of carboxylic acids is 1. The van der Waals surface area contributed by atoms with Crippen molar-refractivity contribution < 1.29 is 14.6 Å². The molecular weight excluding hydrogens is 244 g/mol. The number of ether oxygens (including phenoxy) is 1. The highest BCUT2D eigenvalue weighted by molar-refractivity contribution is 5.66. The van der Waals surface area contributed by atoms with Crippen LogP contribution in [0.4, 0.5) is 0 Å². The van der Waals surface area contributed by atoms with Crippen LogP contribution in [0.15, 0.2) is 30.3 Å². The Labute approximate surface area is 110 Å². The maximum atomic E-state index is 10.4. The van der Waals surface area contributed by atoms with Crippen LogP contribution >= 0.6 is 0 Å². The van der Waals surface area contributed by atoms with Crippen LogP contribution in [-0.4, -0.2) is 22.5 Å². The number of hydrogen-bond donors (Lipinski definition) is 0. The largest absolute Gasteiger partial charge is 0.546 e. The lowest BCUT2D eigenvalue weighted by molar-refractivity contribution is -0.307. The van der Waals surface area contributed by atoms with Gasteiger partial charge in [-0.25, -0.2) is 9.97 Å². The van der Waals surface area contributed by atoms with Gasteiger partial charge in [0.05, 0.1) is 17.4 Å². The Morgan fingerprint density at radius 2 is 1.74 bits per heavy atom. The first-order valence-electron chi connectivity index (χ1n) is 5.81. The fourth-order valence-corrected chi connectivity index (χ4v) is 1.76. The number of carboxylic acid groups (broad SMARTS) is 1. The third kappa shape index (κ3) is 3.07. The summed E-state index contributed by atoms with van der Waals surface area (Å²) < 4.78 is 5.13. The van der Waals surface area contributed by atoms with Gasteiger partial charge in [0, 0.05) is 5.56 Å². The highest BCUT2D eigenvalue weighted by Crippen LogP contribution is 2.23. The Morgan fingerprint density at radius 1 is 1.16 bits per heavy atom. The number of rotatable bonds is 4. The molecule has 0 bridgehead atoms. The van der Waals surface area contributed by atoms with Gasteiger partial charge in [0.1, 0.15) is 6.61 Å². The molecule has 1 heterocycles. The molecule has 0 atom stereocenters. The fraction of sp³-hybridized carbons (Fsp3) is 0.214. The van der Waals surface area contributed by atoms with Crippen molar-refractivity contribution in [1.82, 2.24) is 9.97 Å². The van der Waals surface area contributed by atoms with Crippen molar-refractivity contribution in [3.63, 3.8) is 0 Å². The SMILES string of the molecule is Cc1nc(-c2ccccc2)nc(C)c1OCC(=O)[O-]. The third-order valence-corrected chi connectivity index (χ3v) is 2.57. The zero-order valence-electron chi connectivity index (χ0n) is 10.7. The number of carbonyl (C=O) groups excluding carboxylic acids is 1. The van der Waals surface area contributed by atoms with Crippen LogP contribution in [0.3, 0.4) is 0 Å². The van der Waals surface area contributed by atoms with Gasteiger partial charge >= 0.3 is 0 Å². The van der Waals surface area contributed by atoms with Gasteiger partial charge in [-0.2, -0.15) is 0 Å². The molecular formula is C14H13N2O3-. The molecule has 0 unspecified atom stereocenters. The quantitative estimate of drug-likeness (QED) is 0.813. The summed E-state index contributed by atoms with van der Waals surface area (Å²) in [5, 5.41) is 10.4. The van der Waals surface area contributed by atoms with E-state index < -0.39 is 12.6 Å². The number of nitrogens with zero attached hydrogens (tertiary/aromatic N) is 2. The summed E-state index contributed by atoms with van der Waals surface area (Å²) in [6.07, 6.45) is 0. The minimum absolute atomic E-state index is 0.392. The van der Waals surface area contributed by atoms with Gasteiger partial charge in [0.15, 0.2) is 11.6 Å². The minimum Gasteiger partial charge on any atom is -0.546 e. The summed E-state index contributed by atoms with van der Waals surface area (Å²) in [7, 11) is 0. The van der Waals surface area contributed by atoms with E-state index in [1.54, 1.807) is 13.8 Å². The number of aromatic nitrogens is 2. The van der Waals surface area contributed by atoms with Gasteiger partial charge in [0.2, 0.25) is 0 Å². The second-order valence-electron chi connectivity index (χ2n) is 4.07. The molecule has 1 aromatic heterocycles. The summed E-state index contributed by atoms with van der Waals surface area (Å²) in [6.45, 7) is 3.01. The van der Waals surface area contributed by atoms with Gasteiger partial charge in [-0.3, -0.25) is 0 Å². The van der Waals surface area contributed by atoms with Crippen LogP contribution in [0.5, 0.6) is 5.75 Å². The molecule has 0 saturated carbocycles. The highest BCUT2D eigenvalue weighted by Gasteiger charge is 2.10. The molecule has 0 radical (unpaired) electrons. The Bertz CT molecular complexity index is 574. The van der Waals surface area contributed by atoms with Gasteiger partial charge in [-0.05, 0) is 13.8 Å². The molecule has 0 saturated heterocycles. The molecule has 0 aliphatic carbocycles. The first-order chi connectivity index (χ1) is 9.08. The lowest BCUT2D eigenvalue weighted by atomic mass is 10.2. The molecule has 19 heavy (non-hydrogen) atoms. The standard InChI is InChI=1S/C14H14N2O3/c1-9-13(19-8-12(17)18)10(2)16-14(15-9)11-6-4-3-5-7-11/h3-7H,8H2,1-2H3,(H,17,18)/p-1. The summed E-state index contributed by atoms with van der Waals surface area (Å²) >= 11 is 0. The first kappa shape index (κ1) is 13.0. The molecule has 0 amide bonds. The van der Waals surface area contributed by atoms with Gasteiger partial charge in [0.25, 0.3) is 0 Å². The topological polar surface area (TPSA) is 75.1 Å². The predicted molar refractivity (Wildman–Crippen MR) is 67.4 cm³/mol. The number of aryl methyl sites for hydroxylation is 2. The maximum absolute atomic E-state index is 10.4. The van der Waals surface area contributed by atoms with Gasteiger partial charge in [-0.15, -0.1) is 0 Å². The highest BCUT2D eigenvalue weighted by atomic mass is 16.5. The summed E-state index contributed by atoms with van der Waals surface area (Å²) in [5.41, 5.74) is 2.11. The van der Waals surface area contributed by atoms with Crippen LogP contribution in [0.1, 0.15) is 11.4 Å². The zero-order chi connectivity index (χ0) is 13.8. The van der Waals surface area contributed by atoms with Crippen LogP contribution < -0.4 is 9.84 Å². The maximum Gasteiger partial charge on any atom is 0.162 e. The molecule has 0 spiro atoms. The van der Waals surface area contributed by atoms with E-state index in [0.29, 0.717) is 23.0 Å². The molecule has 0 aliphatic heterocycles. The van der Waals surface area contributed by atoms with Crippen LogP contribution in [0.25, 0.3) is 11.4 Å².